The molecule has 2 heterocycles. The number of amides is 1. The number of methoxy groups -OCH3 is 1. The molecule has 1 aliphatic rings. The maximum Gasteiger partial charge on any atom is 0.271 e. The van der Waals surface area contributed by atoms with E-state index in [2.05, 4.69) is 15.3 Å². The number of anilines is 1. The molecule has 0 radical (unpaired) electrons. The normalized spacial score (nSPS) is 21.3. The van der Waals surface area contributed by atoms with Gasteiger partial charge < -0.3 is 20.9 Å². The molecular weight excluding hydrogens is 316 g/mol. The summed E-state index contributed by atoms with van der Waals surface area (Å²) in [6, 6.07) is 3.40. The first-order chi connectivity index (χ1) is 11.1. The number of rotatable bonds is 5. The summed E-state index contributed by atoms with van der Waals surface area (Å²) in [5.74, 6) is 0.403. The first-order valence-electron chi connectivity index (χ1n) is 7.26. The number of nitrogens with one attached hydrogen (secondary N) is 1. The van der Waals surface area contributed by atoms with Crippen molar-refractivity contribution < 1.29 is 14.6 Å². The highest BCUT2D eigenvalue weighted by Gasteiger charge is 2.36. The summed E-state index contributed by atoms with van der Waals surface area (Å²) in [7, 11) is 1.55. The molecule has 0 spiro atoms. The number of thiazole rings is 1. The minimum atomic E-state index is -0.305. The van der Waals surface area contributed by atoms with E-state index in [9.17, 15) is 9.90 Å². The van der Waals surface area contributed by atoms with Crippen molar-refractivity contribution in [3.63, 3.8) is 0 Å². The number of nitrogens with two attached hydrogens (primary N) is 1. The summed E-state index contributed by atoms with van der Waals surface area (Å²) in [5, 5.41) is 14.5. The Labute approximate surface area is 137 Å². The summed E-state index contributed by atoms with van der Waals surface area (Å²) >= 11 is 1.23. The Kier molecular flexibility index (Phi) is 4.44. The van der Waals surface area contributed by atoms with Gasteiger partial charge in [0.05, 0.1) is 19.3 Å². The topological polar surface area (TPSA) is 110 Å². The molecule has 0 bridgehead atoms. The van der Waals surface area contributed by atoms with Gasteiger partial charge in [-0.25, -0.2) is 9.97 Å². The van der Waals surface area contributed by atoms with Crippen molar-refractivity contribution in [1.29, 1.82) is 0 Å². The van der Waals surface area contributed by atoms with Gasteiger partial charge in [0.15, 0.2) is 5.13 Å². The maximum atomic E-state index is 12.4. The number of nitrogens with zero attached hydrogens (tertiary/aromatic N) is 2. The second-order valence-corrected chi connectivity index (χ2v) is 6.43. The molecule has 0 saturated heterocycles. The Balaban J connectivity index is 1.79. The first kappa shape index (κ1) is 15.7. The molecule has 7 nitrogen and oxygen atoms in total. The van der Waals surface area contributed by atoms with Crippen molar-refractivity contribution in [3.05, 3.63) is 35.0 Å². The number of aliphatic hydroxyl groups excluding tert-OH is 1. The lowest BCUT2D eigenvalue weighted by atomic mass is 9.75. The minimum Gasteiger partial charge on any atom is -0.481 e. The quantitative estimate of drug-likeness (QED) is 0.762. The summed E-state index contributed by atoms with van der Waals surface area (Å²) in [6.07, 6.45) is 2.68. The minimum absolute atomic E-state index is 0.167. The SMILES string of the molecule is COc1ccc([C@H](NC(=O)c2csc(N)n2)C2CC(O)C2)cn1. The standard InChI is InChI=1S/C15H18N4O3S/c1-22-12-3-2-8(6-17-12)13(9-4-10(20)5-9)19-14(21)11-7-23-15(16)18-11/h2-3,6-7,9-10,13,20H,4-5H2,1H3,(H2,16,18)(H,19,21)/t9?,10?,13-/m0/s1. The van der Waals surface area contributed by atoms with E-state index < -0.39 is 0 Å². The lowest BCUT2D eigenvalue weighted by molar-refractivity contribution is 0.0234. The number of pyridine rings is 1. The zero-order valence-corrected chi connectivity index (χ0v) is 13.4. The molecule has 1 amide bonds. The van der Waals surface area contributed by atoms with Crippen molar-refractivity contribution >= 4 is 22.4 Å². The molecule has 1 fully saturated rings. The molecule has 23 heavy (non-hydrogen) atoms. The summed E-state index contributed by atoms with van der Waals surface area (Å²) in [5.41, 5.74) is 6.75. The molecule has 2 aromatic rings. The number of carbonyl (C=O) groups excluding carboxylic acids is 1. The summed E-state index contributed by atoms with van der Waals surface area (Å²) < 4.78 is 5.06. The van der Waals surface area contributed by atoms with Crippen LogP contribution in [0.2, 0.25) is 0 Å². The number of hydrogen-bond donors (Lipinski definition) is 3. The van der Waals surface area contributed by atoms with E-state index in [1.165, 1.54) is 11.3 Å². The highest BCUT2D eigenvalue weighted by Crippen LogP contribution is 2.38. The van der Waals surface area contributed by atoms with E-state index in [1.54, 1.807) is 24.8 Å². The van der Waals surface area contributed by atoms with E-state index in [-0.39, 0.29) is 24.0 Å². The third-order valence-electron chi connectivity index (χ3n) is 3.99. The fraction of sp³-hybridized carbons (Fsp3) is 0.400. The molecule has 3 rings (SSSR count). The van der Waals surface area contributed by atoms with Crippen LogP contribution in [0.3, 0.4) is 0 Å². The van der Waals surface area contributed by atoms with Gasteiger partial charge in [0.25, 0.3) is 5.91 Å². The highest BCUT2D eigenvalue weighted by molar-refractivity contribution is 7.13. The monoisotopic (exact) mass is 334 g/mol. The molecule has 1 aliphatic carbocycles. The third kappa shape index (κ3) is 3.43. The van der Waals surface area contributed by atoms with Crippen molar-refractivity contribution in [1.82, 2.24) is 15.3 Å². The summed E-state index contributed by atoms with van der Waals surface area (Å²) in [4.78, 5) is 20.6. The second-order valence-electron chi connectivity index (χ2n) is 5.54. The van der Waals surface area contributed by atoms with Gasteiger partial charge in [0, 0.05) is 17.6 Å². The van der Waals surface area contributed by atoms with Gasteiger partial charge in [-0.2, -0.15) is 0 Å². The highest BCUT2D eigenvalue weighted by atomic mass is 32.1. The first-order valence-corrected chi connectivity index (χ1v) is 8.14. The maximum absolute atomic E-state index is 12.4. The molecule has 122 valence electrons. The Bertz CT molecular complexity index is 682. The van der Waals surface area contributed by atoms with E-state index >= 15 is 0 Å². The van der Waals surface area contributed by atoms with Crippen LogP contribution in [0.1, 0.15) is 34.9 Å². The Hall–Kier alpha value is -2.19. The van der Waals surface area contributed by atoms with Gasteiger partial charge in [0.2, 0.25) is 5.88 Å². The lowest BCUT2D eigenvalue weighted by Crippen LogP contribution is -2.41. The fourth-order valence-corrected chi connectivity index (χ4v) is 3.22. The van der Waals surface area contributed by atoms with Crippen LogP contribution in [0.25, 0.3) is 0 Å². The van der Waals surface area contributed by atoms with Crippen LogP contribution < -0.4 is 15.8 Å². The predicted molar refractivity (Wildman–Crippen MR) is 86.3 cm³/mol. The number of hydrogen-bond acceptors (Lipinski definition) is 7. The van der Waals surface area contributed by atoms with Crippen LogP contribution in [-0.4, -0.2) is 34.2 Å². The largest absolute Gasteiger partial charge is 0.481 e. The number of aliphatic hydroxyl groups is 1. The molecule has 0 aliphatic heterocycles. The molecule has 0 unspecified atom stereocenters. The van der Waals surface area contributed by atoms with Gasteiger partial charge >= 0.3 is 0 Å². The number of ether oxygens (including phenoxy) is 1. The molecule has 0 aromatic carbocycles. The van der Waals surface area contributed by atoms with Gasteiger partial charge in [-0.15, -0.1) is 11.3 Å². The van der Waals surface area contributed by atoms with Crippen LogP contribution in [0.4, 0.5) is 5.13 Å². The van der Waals surface area contributed by atoms with Gasteiger partial charge in [-0.05, 0) is 24.3 Å². The van der Waals surface area contributed by atoms with E-state index in [0.717, 1.165) is 5.56 Å². The smallest absolute Gasteiger partial charge is 0.271 e. The number of carbonyl (C=O) groups is 1. The van der Waals surface area contributed by atoms with Crippen LogP contribution in [-0.2, 0) is 0 Å². The van der Waals surface area contributed by atoms with Gasteiger partial charge in [0.1, 0.15) is 5.69 Å². The zero-order chi connectivity index (χ0) is 16.4. The fourth-order valence-electron chi connectivity index (χ4n) is 2.68. The van der Waals surface area contributed by atoms with Crippen LogP contribution >= 0.6 is 11.3 Å². The molecule has 1 saturated carbocycles. The van der Waals surface area contributed by atoms with E-state index in [0.29, 0.717) is 29.5 Å². The average molecular weight is 334 g/mol. The third-order valence-corrected chi connectivity index (χ3v) is 4.66. The Morgan fingerprint density at radius 1 is 1.52 bits per heavy atom. The number of nitrogen functional groups attached to an aromatic ring is 1. The Morgan fingerprint density at radius 2 is 2.30 bits per heavy atom. The van der Waals surface area contributed by atoms with E-state index in [1.807, 2.05) is 6.07 Å². The van der Waals surface area contributed by atoms with Crippen LogP contribution in [0.5, 0.6) is 5.88 Å². The van der Waals surface area contributed by atoms with Crippen molar-refractivity contribution in [2.24, 2.45) is 5.92 Å². The molecular formula is C15H18N4O3S. The Morgan fingerprint density at radius 3 is 2.83 bits per heavy atom. The van der Waals surface area contributed by atoms with Crippen LogP contribution in [0.15, 0.2) is 23.7 Å². The van der Waals surface area contributed by atoms with Crippen molar-refractivity contribution in [2.45, 2.75) is 25.0 Å². The zero-order valence-electron chi connectivity index (χ0n) is 12.6. The summed E-state index contributed by atoms with van der Waals surface area (Å²) in [6.45, 7) is 0. The molecule has 4 N–H and O–H groups in total. The van der Waals surface area contributed by atoms with Crippen LogP contribution in [0, 0.1) is 5.92 Å². The predicted octanol–water partition coefficient (Wildman–Crippen LogP) is 1.37. The molecule has 2 aromatic heterocycles. The van der Waals surface area contributed by atoms with Gasteiger partial charge in [-0.3, -0.25) is 4.79 Å². The van der Waals surface area contributed by atoms with E-state index in [4.69, 9.17) is 10.5 Å². The van der Waals surface area contributed by atoms with Crippen molar-refractivity contribution in [3.8, 4) is 5.88 Å². The molecule has 8 heteroatoms. The molecule has 1 atom stereocenters. The lowest BCUT2D eigenvalue weighted by Gasteiger charge is -2.38. The van der Waals surface area contributed by atoms with Crippen molar-refractivity contribution in [2.75, 3.05) is 12.8 Å². The number of aromatic nitrogens is 2. The van der Waals surface area contributed by atoms with Gasteiger partial charge in [-0.1, -0.05) is 6.07 Å². The second kappa shape index (κ2) is 6.51. The average Bonchev–Trinajstić information content (AvgIpc) is 2.96.